The monoisotopic (exact) mass is 522 g/mol. The smallest absolute Gasteiger partial charge is 0.175 e. The molecule has 29 heavy (non-hydrogen) atoms. The Morgan fingerprint density at radius 2 is 1.14 bits per heavy atom. The van der Waals surface area contributed by atoms with Crippen LogP contribution in [0.2, 0.25) is 0 Å². The number of benzene rings is 2. The predicted octanol–water partition coefficient (Wildman–Crippen LogP) is 6.81. The molecule has 0 N–H and O–H groups in total. The average molecular weight is 524 g/mol. The van der Waals surface area contributed by atoms with Gasteiger partial charge in [-0.2, -0.15) is 0 Å². The van der Waals surface area contributed by atoms with Gasteiger partial charge in [0.25, 0.3) is 0 Å². The van der Waals surface area contributed by atoms with Crippen molar-refractivity contribution in [2.75, 3.05) is 13.2 Å². The summed E-state index contributed by atoms with van der Waals surface area (Å²) in [5.74, 6) is -1.30. The normalized spacial score (nSPS) is 27.7. The van der Waals surface area contributed by atoms with Crippen LogP contribution in [-0.4, -0.2) is 24.8 Å². The number of hydrogen-bond donors (Lipinski definition) is 0. The van der Waals surface area contributed by atoms with Crippen molar-refractivity contribution in [3.8, 4) is 0 Å². The maximum atomic E-state index is 6.94. The van der Waals surface area contributed by atoms with E-state index in [-0.39, 0.29) is 0 Å². The van der Waals surface area contributed by atoms with Gasteiger partial charge in [-0.15, -0.1) is 0 Å². The van der Waals surface area contributed by atoms with E-state index in [0.717, 1.165) is 73.5 Å². The first-order chi connectivity index (χ1) is 14.1. The first-order valence-corrected chi connectivity index (χ1v) is 12.1. The largest absolute Gasteiger partial charge is 0.349 e. The zero-order chi connectivity index (χ0) is 20.2. The molecule has 3 nitrogen and oxygen atoms in total. The van der Waals surface area contributed by atoms with Gasteiger partial charge in [0.05, 0.1) is 13.2 Å². The van der Waals surface area contributed by atoms with Gasteiger partial charge < -0.3 is 14.2 Å². The minimum Gasteiger partial charge on any atom is -0.349 e. The number of hydrogen-bond acceptors (Lipinski definition) is 3. The molecule has 2 aliphatic heterocycles. The van der Waals surface area contributed by atoms with Crippen molar-refractivity contribution in [2.45, 2.75) is 62.9 Å². The summed E-state index contributed by atoms with van der Waals surface area (Å²) in [6.45, 7) is 1.46. The van der Waals surface area contributed by atoms with Crippen LogP contribution in [0.3, 0.4) is 0 Å². The molecule has 2 atom stereocenters. The van der Waals surface area contributed by atoms with Crippen LogP contribution in [0.4, 0.5) is 0 Å². The van der Waals surface area contributed by atoms with Crippen molar-refractivity contribution in [1.82, 2.24) is 0 Å². The van der Waals surface area contributed by atoms with Crippen molar-refractivity contribution in [3.05, 3.63) is 68.6 Å². The third kappa shape index (κ3) is 5.31. The fourth-order valence-electron chi connectivity index (χ4n) is 4.37. The molecule has 2 unspecified atom stereocenters. The topological polar surface area (TPSA) is 27.7 Å². The van der Waals surface area contributed by atoms with Gasteiger partial charge >= 0.3 is 0 Å². The lowest BCUT2D eigenvalue weighted by atomic mass is 9.93. The summed E-state index contributed by atoms with van der Waals surface area (Å²) in [5.41, 5.74) is 2.42. The van der Waals surface area contributed by atoms with E-state index in [1.54, 1.807) is 0 Å². The average Bonchev–Trinajstić information content (AvgIpc) is 2.73. The van der Waals surface area contributed by atoms with Crippen molar-refractivity contribution in [3.63, 3.8) is 0 Å². The van der Waals surface area contributed by atoms with Gasteiger partial charge in [0, 0.05) is 34.6 Å². The van der Waals surface area contributed by atoms with E-state index in [9.17, 15) is 0 Å². The lowest BCUT2D eigenvalue weighted by Gasteiger charge is -2.47. The standard InChI is InChI=1S/C24H28Br2O3/c25-21-11-3-1-9-19(21)17-23(13-5-7-15-27-23)29-24(14-6-8-16-28-24)18-20-10-2-4-12-22(20)26/h1-4,9-12H,5-8,13-18H2. The lowest BCUT2D eigenvalue weighted by Crippen LogP contribution is -2.53. The van der Waals surface area contributed by atoms with E-state index < -0.39 is 11.6 Å². The fraction of sp³-hybridized carbons (Fsp3) is 0.500. The Hall–Kier alpha value is -0.720. The molecule has 0 saturated carbocycles. The van der Waals surface area contributed by atoms with E-state index in [0.29, 0.717) is 0 Å². The van der Waals surface area contributed by atoms with E-state index in [1.807, 2.05) is 12.1 Å². The molecule has 0 radical (unpaired) electrons. The SMILES string of the molecule is Brc1ccccc1CC1(OC2(Cc3ccccc3Br)CCCCO2)CCCCO1. The Labute approximate surface area is 190 Å². The maximum absolute atomic E-state index is 6.94. The van der Waals surface area contributed by atoms with Crippen LogP contribution in [0.25, 0.3) is 0 Å². The minimum atomic E-state index is -0.652. The highest BCUT2D eigenvalue weighted by molar-refractivity contribution is 9.10. The molecule has 5 heteroatoms. The molecule has 2 saturated heterocycles. The Morgan fingerprint density at radius 1 is 0.690 bits per heavy atom. The second kappa shape index (κ2) is 9.61. The van der Waals surface area contributed by atoms with Gasteiger partial charge in [0.15, 0.2) is 11.6 Å². The highest BCUT2D eigenvalue weighted by atomic mass is 79.9. The van der Waals surface area contributed by atoms with Crippen molar-refractivity contribution < 1.29 is 14.2 Å². The predicted molar refractivity (Wildman–Crippen MR) is 122 cm³/mol. The van der Waals surface area contributed by atoms with Crippen molar-refractivity contribution in [2.24, 2.45) is 0 Å². The van der Waals surface area contributed by atoms with Crippen LogP contribution in [0.1, 0.15) is 49.7 Å². The molecule has 0 aromatic heterocycles. The third-order valence-corrected chi connectivity index (χ3v) is 7.39. The van der Waals surface area contributed by atoms with Crippen molar-refractivity contribution in [1.29, 1.82) is 0 Å². The first kappa shape index (κ1) is 21.5. The van der Waals surface area contributed by atoms with Gasteiger partial charge in [-0.05, 0) is 48.9 Å². The summed E-state index contributed by atoms with van der Waals surface area (Å²) in [6.07, 6.45) is 7.58. The van der Waals surface area contributed by atoms with E-state index in [1.165, 1.54) is 11.1 Å². The lowest BCUT2D eigenvalue weighted by molar-refractivity contribution is -0.376. The molecule has 2 aliphatic rings. The zero-order valence-electron chi connectivity index (χ0n) is 16.7. The van der Waals surface area contributed by atoms with Crippen LogP contribution in [0, 0.1) is 0 Å². The first-order valence-electron chi connectivity index (χ1n) is 10.5. The quantitative estimate of drug-likeness (QED) is 0.416. The zero-order valence-corrected chi connectivity index (χ0v) is 19.8. The summed E-state index contributed by atoms with van der Waals surface area (Å²) in [7, 11) is 0. The molecule has 2 aromatic rings. The number of ether oxygens (including phenoxy) is 3. The molecule has 0 spiro atoms. The minimum absolute atomic E-state index is 0.652. The van der Waals surface area contributed by atoms with Crippen LogP contribution in [0.5, 0.6) is 0 Å². The molecule has 0 amide bonds. The van der Waals surface area contributed by atoms with Gasteiger partial charge in [0.1, 0.15) is 0 Å². The summed E-state index contributed by atoms with van der Waals surface area (Å²) < 4.78 is 21.9. The molecule has 2 heterocycles. The van der Waals surface area contributed by atoms with Crippen LogP contribution in [0.15, 0.2) is 57.5 Å². The molecule has 0 aliphatic carbocycles. The van der Waals surface area contributed by atoms with Gasteiger partial charge in [-0.25, -0.2) is 0 Å². The van der Waals surface area contributed by atoms with Crippen LogP contribution >= 0.6 is 31.9 Å². The maximum Gasteiger partial charge on any atom is 0.175 e. The van der Waals surface area contributed by atoms with Gasteiger partial charge in [-0.1, -0.05) is 68.3 Å². The fourth-order valence-corrected chi connectivity index (χ4v) is 5.22. The van der Waals surface area contributed by atoms with E-state index in [2.05, 4.69) is 68.3 Å². The molecule has 156 valence electrons. The molecule has 2 aromatic carbocycles. The molecule has 0 bridgehead atoms. The summed E-state index contributed by atoms with van der Waals surface area (Å²) >= 11 is 7.40. The summed E-state index contributed by atoms with van der Waals surface area (Å²) in [5, 5.41) is 0. The molecule has 2 fully saturated rings. The van der Waals surface area contributed by atoms with Crippen LogP contribution < -0.4 is 0 Å². The Balaban J connectivity index is 1.64. The molecule has 4 rings (SSSR count). The Morgan fingerprint density at radius 3 is 1.52 bits per heavy atom. The molecular weight excluding hydrogens is 496 g/mol. The number of rotatable bonds is 6. The number of halogens is 2. The van der Waals surface area contributed by atoms with Crippen molar-refractivity contribution >= 4 is 31.9 Å². The highest BCUT2D eigenvalue weighted by Gasteiger charge is 2.46. The summed E-state index contributed by atoms with van der Waals surface area (Å²) in [6, 6.07) is 16.7. The van der Waals surface area contributed by atoms with Gasteiger partial charge in [0.2, 0.25) is 0 Å². The second-order valence-corrected chi connectivity index (χ2v) is 9.78. The summed E-state index contributed by atoms with van der Waals surface area (Å²) in [4.78, 5) is 0. The molecular formula is C24H28Br2O3. The van der Waals surface area contributed by atoms with Crippen LogP contribution in [-0.2, 0) is 27.1 Å². The highest BCUT2D eigenvalue weighted by Crippen LogP contribution is 2.41. The van der Waals surface area contributed by atoms with E-state index in [4.69, 9.17) is 14.2 Å². The second-order valence-electron chi connectivity index (χ2n) is 8.07. The third-order valence-electron chi connectivity index (χ3n) is 5.84. The Kier molecular flexibility index (Phi) is 7.13. The van der Waals surface area contributed by atoms with E-state index >= 15 is 0 Å². The Bertz CT molecular complexity index is 744. The van der Waals surface area contributed by atoms with Gasteiger partial charge in [-0.3, -0.25) is 0 Å².